The zero-order valence-electron chi connectivity index (χ0n) is 18.2. The lowest BCUT2D eigenvalue weighted by atomic mass is 9.93. The number of amides is 2. The van der Waals surface area contributed by atoms with E-state index < -0.39 is 48.0 Å². The van der Waals surface area contributed by atoms with Crippen LogP contribution in [0.5, 0.6) is 0 Å². The second-order valence-electron chi connectivity index (χ2n) is 8.07. The van der Waals surface area contributed by atoms with Crippen LogP contribution in [0.4, 0.5) is 32.4 Å². The second kappa shape index (κ2) is 10.2. The molecule has 0 aliphatic carbocycles. The van der Waals surface area contributed by atoms with Gasteiger partial charge in [0, 0.05) is 16.7 Å². The lowest BCUT2D eigenvalue weighted by molar-refractivity contribution is -0.0678. The summed E-state index contributed by atoms with van der Waals surface area (Å²) < 4.78 is 74.9. The molecule has 0 spiro atoms. The van der Waals surface area contributed by atoms with Crippen molar-refractivity contribution in [3.63, 3.8) is 0 Å². The van der Waals surface area contributed by atoms with E-state index in [9.17, 15) is 26.7 Å². The van der Waals surface area contributed by atoms with Gasteiger partial charge in [-0.25, -0.2) is 18.0 Å². The zero-order chi connectivity index (χ0) is 25.2. The van der Waals surface area contributed by atoms with Crippen LogP contribution in [0.1, 0.15) is 22.8 Å². The highest BCUT2D eigenvalue weighted by Crippen LogP contribution is 2.39. The third-order valence-corrected chi connectivity index (χ3v) is 5.87. The van der Waals surface area contributed by atoms with E-state index in [1.165, 1.54) is 17.0 Å². The van der Waals surface area contributed by atoms with Gasteiger partial charge in [0.25, 0.3) is 0 Å². The Morgan fingerprint density at radius 1 is 1.09 bits per heavy atom. The van der Waals surface area contributed by atoms with Crippen LogP contribution in [0.25, 0.3) is 0 Å². The third-order valence-electron chi connectivity index (χ3n) is 5.61. The second-order valence-corrected chi connectivity index (χ2v) is 8.51. The molecule has 1 unspecified atom stereocenters. The molecule has 1 aliphatic heterocycles. The summed E-state index contributed by atoms with van der Waals surface area (Å²) in [5, 5.41) is 2.79. The van der Waals surface area contributed by atoms with E-state index in [0.29, 0.717) is 16.7 Å². The first-order valence-corrected chi connectivity index (χ1v) is 11.0. The number of ether oxygens (including phenoxy) is 1. The van der Waals surface area contributed by atoms with E-state index in [1.807, 2.05) is 0 Å². The average molecular weight is 511 g/mol. The number of carbonyl (C=O) groups excluding carboxylic acids is 1. The molecule has 1 N–H and O–H groups in total. The van der Waals surface area contributed by atoms with Gasteiger partial charge < -0.3 is 15.0 Å². The Morgan fingerprint density at radius 3 is 2.43 bits per heavy atom. The van der Waals surface area contributed by atoms with Gasteiger partial charge in [0.1, 0.15) is 17.7 Å². The van der Waals surface area contributed by atoms with Crippen molar-refractivity contribution in [2.45, 2.75) is 18.1 Å². The first-order valence-electron chi connectivity index (χ1n) is 10.6. The van der Waals surface area contributed by atoms with E-state index in [2.05, 4.69) is 5.32 Å². The van der Waals surface area contributed by atoms with Gasteiger partial charge in [-0.15, -0.1) is 0 Å². The normalized spacial score (nSPS) is 15.0. The Balaban J connectivity index is 1.51. The Hall–Kier alpha value is -3.17. The number of halogens is 6. The topological polar surface area (TPSA) is 41.6 Å². The molecule has 35 heavy (non-hydrogen) atoms. The Labute approximate surface area is 203 Å². The van der Waals surface area contributed by atoms with E-state index in [1.54, 1.807) is 30.3 Å². The fourth-order valence-corrected chi connectivity index (χ4v) is 3.89. The number of benzene rings is 3. The highest BCUT2D eigenvalue weighted by molar-refractivity contribution is 6.30. The standard InChI is InChI=1S/C25H20ClF5N2O2/c26-16-7-5-15(6-8-16)23(19-3-1-2-4-20(19)25(30,31)14-27)35-18-12-33(13-18)24(34)32-22-10-9-17(28)11-21(22)29/h1-11,18,23H,12-14H2,(H,32,34). The number of rotatable bonds is 7. The monoisotopic (exact) mass is 510 g/mol. The van der Waals surface area contributed by atoms with Crippen molar-refractivity contribution < 1.29 is 31.5 Å². The van der Waals surface area contributed by atoms with Gasteiger partial charge in [0.05, 0.1) is 24.9 Å². The van der Waals surface area contributed by atoms with Crippen molar-refractivity contribution >= 4 is 23.3 Å². The lowest BCUT2D eigenvalue weighted by Gasteiger charge is -2.41. The lowest BCUT2D eigenvalue weighted by Crippen LogP contribution is -2.56. The molecule has 0 aromatic heterocycles. The van der Waals surface area contributed by atoms with Gasteiger partial charge in [-0.05, 0) is 35.4 Å². The van der Waals surface area contributed by atoms with Crippen molar-refractivity contribution in [1.29, 1.82) is 0 Å². The van der Waals surface area contributed by atoms with Crippen molar-refractivity contribution in [1.82, 2.24) is 4.90 Å². The van der Waals surface area contributed by atoms with Gasteiger partial charge in [0.2, 0.25) is 0 Å². The molecule has 1 atom stereocenters. The Bertz CT molecular complexity index is 1200. The van der Waals surface area contributed by atoms with Crippen molar-refractivity contribution in [2.75, 3.05) is 25.1 Å². The summed E-state index contributed by atoms with van der Waals surface area (Å²) in [6.07, 6.45) is -1.52. The summed E-state index contributed by atoms with van der Waals surface area (Å²) in [5.74, 6) is -5.40. The van der Waals surface area contributed by atoms with Crippen LogP contribution in [-0.4, -0.2) is 36.8 Å². The molecule has 3 aromatic rings. The molecule has 184 valence electrons. The van der Waals surface area contributed by atoms with Crippen LogP contribution in [-0.2, 0) is 10.7 Å². The van der Waals surface area contributed by atoms with E-state index >= 15 is 0 Å². The third kappa shape index (κ3) is 5.57. The molecule has 0 saturated carbocycles. The number of carbonyl (C=O) groups is 1. The van der Waals surface area contributed by atoms with Crippen LogP contribution >= 0.6 is 11.6 Å². The quantitative estimate of drug-likeness (QED) is 0.359. The minimum absolute atomic E-state index is 0.0914. The minimum Gasteiger partial charge on any atom is -0.362 e. The summed E-state index contributed by atoms with van der Waals surface area (Å²) in [6, 6.07) is 14.1. The van der Waals surface area contributed by atoms with Crippen molar-refractivity contribution in [3.8, 4) is 0 Å². The summed E-state index contributed by atoms with van der Waals surface area (Å²) in [7, 11) is 0. The molecular formula is C25H20ClF5N2O2. The molecule has 1 heterocycles. The number of hydrogen-bond acceptors (Lipinski definition) is 2. The first kappa shape index (κ1) is 24.9. The Morgan fingerprint density at radius 2 is 1.77 bits per heavy atom. The van der Waals surface area contributed by atoms with E-state index in [4.69, 9.17) is 16.3 Å². The van der Waals surface area contributed by atoms with E-state index in [-0.39, 0.29) is 24.3 Å². The van der Waals surface area contributed by atoms with Gasteiger partial charge in [-0.1, -0.05) is 48.0 Å². The van der Waals surface area contributed by atoms with Gasteiger partial charge in [0.15, 0.2) is 6.67 Å². The van der Waals surface area contributed by atoms with Crippen LogP contribution in [0.15, 0.2) is 66.7 Å². The zero-order valence-corrected chi connectivity index (χ0v) is 18.9. The van der Waals surface area contributed by atoms with Crippen molar-refractivity contribution in [3.05, 3.63) is 100 Å². The molecule has 0 bridgehead atoms. The number of anilines is 1. The molecule has 0 radical (unpaired) electrons. The van der Waals surface area contributed by atoms with Crippen LogP contribution < -0.4 is 5.32 Å². The minimum atomic E-state index is -3.71. The maximum Gasteiger partial charge on any atom is 0.322 e. The molecule has 2 amide bonds. The first-order chi connectivity index (χ1) is 16.7. The summed E-state index contributed by atoms with van der Waals surface area (Å²) in [5.41, 5.74) is -0.0631. The predicted molar refractivity (Wildman–Crippen MR) is 121 cm³/mol. The molecule has 3 aromatic carbocycles. The molecule has 10 heteroatoms. The summed E-state index contributed by atoms with van der Waals surface area (Å²) >= 11 is 5.96. The SMILES string of the molecule is O=C(Nc1ccc(F)cc1F)N1CC(OC(c2ccc(Cl)cc2)c2ccccc2C(F)(F)CF)C1. The van der Waals surface area contributed by atoms with Crippen LogP contribution in [0.3, 0.4) is 0 Å². The smallest absolute Gasteiger partial charge is 0.322 e. The number of urea groups is 1. The number of nitrogens with one attached hydrogen (secondary N) is 1. The Kier molecular flexibility index (Phi) is 7.28. The maximum atomic E-state index is 14.4. The van der Waals surface area contributed by atoms with Gasteiger partial charge in [-0.3, -0.25) is 0 Å². The number of nitrogens with zero attached hydrogens (tertiary/aromatic N) is 1. The molecule has 4 rings (SSSR count). The van der Waals surface area contributed by atoms with Gasteiger partial charge >= 0.3 is 12.0 Å². The number of likely N-dealkylation sites (tertiary alicyclic amines) is 1. The average Bonchev–Trinajstić information content (AvgIpc) is 2.81. The molecular weight excluding hydrogens is 491 g/mol. The fourth-order valence-electron chi connectivity index (χ4n) is 3.77. The molecule has 4 nitrogen and oxygen atoms in total. The molecule has 1 fully saturated rings. The van der Waals surface area contributed by atoms with Crippen LogP contribution in [0, 0.1) is 11.6 Å². The van der Waals surface area contributed by atoms with E-state index in [0.717, 1.165) is 18.2 Å². The van der Waals surface area contributed by atoms with Gasteiger partial charge in [-0.2, -0.15) is 8.78 Å². The number of alkyl halides is 3. The largest absolute Gasteiger partial charge is 0.362 e. The highest BCUT2D eigenvalue weighted by Gasteiger charge is 2.39. The number of hydrogen-bond donors (Lipinski definition) is 1. The fraction of sp³-hybridized carbons (Fsp3) is 0.240. The summed E-state index contributed by atoms with van der Waals surface area (Å²) in [6.45, 7) is -1.67. The van der Waals surface area contributed by atoms with Crippen LogP contribution in [0.2, 0.25) is 5.02 Å². The van der Waals surface area contributed by atoms with Crippen molar-refractivity contribution in [2.24, 2.45) is 0 Å². The molecule has 1 aliphatic rings. The molecule has 1 saturated heterocycles. The highest BCUT2D eigenvalue weighted by atomic mass is 35.5. The predicted octanol–water partition coefficient (Wildman–Crippen LogP) is 6.70. The summed E-state index contributed by atoms with van der Waals surface area (Å²) in [4.78, 5) is 13.7. The maximum absolute atomic E-state index is 14.4.